The summed E-state index contributed by atoms with van der Waals surface area (Å²) in [6.07, 6.45) is 5.62. The molecule has 0 aliphatic rings. The number of unbranched alkanes of at least 4 members (excludes halogenated alkanes) is 1. The van der Waals surface area contributed by atoms with E-state index in [-0.39, 0.29) is 5.56 Å². The van der Waals surface area contributed by atoms with Gasteiger partial charge in [0, 0.05) is 18.3 Å². The highest BCUT2D eigenvalue weighted by atomic mass is 16.1. The minimum atomic E-state index is -0.121. The second-order valence-corrected chi connectivity index (χ2v) is 3.80. The van der Waals surface area contributed by atoms with Crippen LogP contribution in [-0.2, 0) is 6.54 Å². The summed E-state index contributed by atoms with van der Waals surface area (Å²) in [6, 6.07) is 0. The maximum absolute atomic E-state index is 11.4. The first-order chi connectivity index (χ1) is 7.83. The SMILES string of the molecule is CCCCNCc1c[nH]c2c(=O)[nH]cnc12. The number of nitrogens with zero attached hydrogens (tertiary/aromatic N) is 1. The molecule has 2 aromatic rings. The molecule has 2 aromatic heterocycles. The molecular formula is C11H16N4O. The molecule has 0 spiro atoms. The molecular weight excluding hydrogens is 204 g/mol. The number of H-pyrrole nitrogens is 2. The summed E-state index contributed by atoms with van der Waals surface area (Å²) >= 11 is 0. The third-order valence-electron chi connectivity index (χ3n) is 2.57. The van der Waals surface area contributed by atoms with E-state index >= 15 is 0 Å². The van der Waals surface area contributed by atoms with Crippen LogP contribution >= 0.6 is 0 Å². The number of hydrogen-bond acceptors (Lipinski definition) is 3. The topological polar surface area (TPSA) is 73.6 Å². The van der Waals surface area contributed by atoms with Crippen LogP contribution in [0.1, 0.15) is 25.3 Å². The fourth-order valence-corrected chi connectivity index (χ4v) is 1.66. The zero-order valence-corrected chi connectivity index (χ0v) is 9.34. The van der Waals surface area contributed by atoms with Gasteiger partial charge in [-0.2, -0.15) is 0 Å². The van der Waals surface area contributed by atoms with Gasteiger partial charge in [0.2, 0.25) is 0 Å². The Balaban J connectivity index is 2.13. The molecule has 2 rings (SSSR count). The van der Waals surface area contributed by atoms with Gasteiger partial charge in [0.1, 0.15) is 5.52 Å². The predicted molar refractivity (Wildman–Crippen MR) is 63.3 cm³/mol. The van der Waals surface area contributed by atoms with Crippen LogP contribution < -0.4 is 10.9 Å². The van der Waals surface area contributed by atoms with Gasteiger partial charge in [-0.3, -0.25) is 4.79 Å². The van der Waals surface area contributed by atoms with Gasteiger partial charge >= 0.3 is 0 Å². The molecule has 0 bridgehead atoms. The van der Waals surface area contributed by atoms with E-state index in [4.69, 9.17) is 0 Å². The molecule has 5 nitrogen and oxygen atoms in total. The first-order valence-electron chi connectivity index (χ1n) is 5.57. The van der Waals surface area contributed by atoms with Crippen LogP contribution in [0.15, 0.2) is 17.3 Å². The lowest BCUT2D eigenvalue weighted by Crippen LogP contribution is -2.14. The third kappa shape index (κ3) is 2.14. The second kappa shape index (κ2) is 4.94. The average molecular weight is 220 g/mol. The lowest BCUT2D eigenvalue weighted by atomic mass is 10.2. The number of aromatic nitrogens is 3. The van der Waals surface area contributed by atoms with Crippen molar-refractivity contribution in [2.75, 3.05) is 6.54 Å². The number of hydrogen-bond donors (Lipinski definition) is 3. The monoisotopic (exact) mass is 220 g/mol. The minimum absolute atomic E-state index is 0.121. The van der Waals surface area contributed by atoms with Gasteiger partial charge in [-0.25, -0.2) is 4.98 Å². The highest BCUT2D eigenvalue weighted by molar-refractivity contribution is 5.77. The summed E-state index contributed by atoms with van der Waals surface area (Å²) in [5.74, 6) is 0. The van der Waals surface area contributed by atoms with Crippen molar-refractivity contribution >= 4 is 11.0 Å². The van der Waals surface area contributed by atoms with Gasteiger partial charge in [-0.15, -0.1) is 0 Å². The van der Waals surface area contributed by atoms with E-state index < -0.39 is 0 Å². The Bertz CT molecular complexity index is 514. The van der Waals surface area contributed by atoms with Crippen LogP contribution in [0.3, 0.4) is 0 Å². The van der Waals surface area contributed by atoms with E-state index in [0.717, 1.165) is 30.6 Å². The zero-order valence-electron chi connectivity index (χ0n) is 9.34. The van der Waals surface area contributed by atoms with Crippen LogP contribution in [0, 0.1) is 0 Å². The van der Waals surface area contributed by atoms with Gasteiger partial charge in [0.25, 0.3) is 5.56 Å². The Labute approximate surface area is 93.3 Å². The highest BCUT2D eigenvalue weighted by Crippen LogP contribution is 2.10. The van der Waals surface area contributed by atoms with Crippen molar-refractivity contribution < 1.29 is 0 Å². The Morgan fingerprint density at radius 3 is 3.12 bits per heavy atom. The summed E-state index contributed by atoms with van der Waals surface area (Å²) in [7, 11) is 0. The normalized spacial score (nSPS) is 11.1. The van der Waals surface area contributed by atoms with Crippen molar-refractivity contribution in [3.8, 4) is 0 Å². The largest absolute Gasteiger partial charge is 0.355 e. The molecule has 0 fully saturated rings. The summed E-state index contributed by atoms with van der Waals surface area (Å²) in [5.41, 5.74) is 2.23. The van der Waals surface area contributed by atoms with Crippen molar-refractivity contribution in [3.05, 3.63) is 28.4 Å². The van der Waals surface area contributed by atoms with Crippen LogP contribution in [0.5, 0.6) is 0 Å². The molecule has 0 aliphatic carbocycles. The van der Waals surface area contributed by atoms with Gasteiger partial charge in [0.05, 0.1) is 11.8 Å². The standard InChI is InChI=1S/C11H16N4O/c1-2-3-4-12-5-8-6-13-10-9(8)14-7-15-11(10)16/h6-7,12-13H,2-5H2,1H3,(H,14,15,16). The zero-order chi connectivity index (χ0) is 11.4. The molecule has 16 heavy (non-hydrogen) atoms. The molecule has 86 valence electrons. The molecule has 0 aliphatic heterocycles. The molecule has 5 heteroatoms. The highest BCUT2D eigenvalue weighted by Gasteiger charge is 2.06. The van der Waals surface area contributed by atoms with Crippen LogP contribution in [-0.4, -0.2) is 21.5 Å². The van der Waals surface area contributed by atoms with Gasteiger partial charge in [-0.05, 0) is 13.0 Å². The predicted octanol–water partition coefficient (Wildman–Crippen LogP) is 1.14. The molecule has 3 N–H and O–H groups in total. The lowest BCUT2D eigenvalue weighted by molar-refractivity contribution is 0.643. The van der Waals surface area contributed by atoms with Crippen LogP contribution in [0.4, 0.5) is 0 Å². The number of fused-ring (bicyclic) bond motifs is 1. The molecule has 0 radical (unpaired) electrons. The third-order valence-corrected chi connectivity index (χ3v) is 2.57. The quantitative estimate of drug-likeness (QED) is 0.661. The first-order valence-corrected chi connectivity index (χ1v) is 5.57. The van der Waals surface area contributed by atoms with Crippen molar-refractivity contribution in [2.24, 2.45) is 0 Å². The van der Waals surface area contributed by atoms with E-state index in [1.807, 2.05) is 6.20 Å². The van der Waals surface area contributed by atoms with E-state index in [1.165, 1.54) is 12.7 Å². The molecule has 0 saturated carbocycles. The van der Waals surface area contributed by atoms with Crippen LogP contribution in [0.2, 0.25) is 0 Å². The lowest BCUT2D eigenvalue weighted by Gasteiger charge is -2.01. The van der Waals surface area contributed by atoms with Gasteiger partial charge < -0.3 is 15.3 Å². The van der Waals surface area contributed by atoms with E-state index in [1.54, 1.807) is 0 Å². The van der Waals surface area contributed by atoms with E-state index in [2.05, 4.69) is 27.2 Å². The molecule has 0 atom stereocenters. The maximum Gasteiger partial charge on any atom is 0.275 e. The number of aromatic amines is 2. The number of nitrogens with one attached hydrogen (secondary N) is 3. The molecule has 2 heterocycles. The Morgan fingerprint density at radius 1 is 1.44 bits per heavy atom. The summed E-state index contributed by atoms with van der Waals surface area (Å²) in [4.78, 5) is 21.1. The molecule has 0 aromatic carbocycles. The Morgan fingerprint density at radius 2 is 2.31 bits per heavy atom. The van der Waals surface area contributed by atoms with Crippen LogP contribution in [0.25, 0.3) is 11.0 Å². The maximum atomic E-state index is 11.4. The van der Waals surface area contributed by atoms with Crippen molar-refractivity contribution in [3.63, 3.8) is 0 Å². The Kier molecular flexibility index (Phi) is 3.36. The Hall–Kier alpha value is -1.62. The minimum Gasteiger partial charge on any atom is -0.355 e. The van der Waals surface area contributed by atoms with E-state index in [9.17, 15) is 4.79 Å². The number of rotatable bonds is 5. The van der Waals surface area contributed by atoms with Crippen molar-refractivity contribution in [1.29, 1.82) is 0 Å². The second-order valence-electron chi connectivity index (χ2n) is 3.80. The smallest absolute Gasteiger partial charge is 0.275 e. The molecule has 0 amide bonds. The molecule has 0 saturated heterocycles. The van der Waals surface area contributed by atoms with Gasteiger partial charge in [-0.1, -0.05) is 13.3 Å². The fraction of sp³-hybridized carbons (Fsp3) is 0.455. The van der Waals surface area contributed by atoms with Crippen molar-refractivity contribution in [1.82, 2.24) is 20.3 Å². The first kappa shape index (κ1) is 10.9. The van der Waals surface area contributed by atoms with Crippen molar-refractivity contribution in [2.45, 2.75) is 26.3 Å². The summed E-state index contributed by atoms with van der Waals surface area (Å²) in [5, 5.41) is 3.33. The summed E-state index contributed by atoms with van der Waals surface area (Å²) < 4.78 is 0. The summed E-state index contributed by atoms with van der Waals surface area (Å²) in [6.45, 7) is 3.90. The van der Waals surface area contributed by atoms with E-state index in [0.29, 0.717) is 5.52 Å². The molecule has 0 unspecified atom stereocenters. The fourth-order valence-electron chi connectivity index (χ4n) is 1.66. The average Bonchev–Trinajstić information content (AvgIpc) is 2.70. The van der Waals surface area contributed by atoms with Gasteiger partial charge in [0.15, 0.2) is 0 Å².